The standard InChI is InChI=1S/C67H49BS2/c1-66(2,47-17-6-5-7-18-47)49-31-33-57-59(39-49)69-61-37-46(38-62-65(61)68(57)58-34-32-50(40-60(58)70-62)67(3,4)48-30-29-44-35-45(44)36-48)64-55-22-12-10-20-53(55)63(54-21-11-13-23-56(54)64)43-27-25-42(26-28-43)52-24-14-16-41-15-8-9-19-51(41)52/h5-34,36-40H,35H2,1-4H3. The van der Waals surface area contributed by atoms with E-state index in [1.807, 2.05) is 23.5 Å². The highest BCUT2D eigenvalue weighted by atomic mass is 32.2. The minimum Gasteiger partial charge on any atom is -0.0911 e. The Kier molecular flexibility index (Phi) is 9.42. The van der Waals surface area contributed by atoms with Crippen LogP contribution in [-0.4, -0.2) is 6.71 Å². The molecule has 2 aliphatic heterocycles. The molecule has 11 aromatic carbocycles. The third kappa shape index (κ3) is 6.55. The molecule has 11 aromatic rings. The van der Waals surface area contributed by atoms with E-state index in [0.717, 1.165) is 6.42 Å². The van der Waals surface area contributed by atoms with Gasteiger partial charge in [-0.15, -0.1) is 0 Å². The predicted octanol–water partition coefficient (Wildman–Crippen LogP) is 16.1. The monoisotopic (exact) mass is 928 g/mol. The van der Waals surface area contributed by atoms with Crippen molar-refractivity contribution in [3.63, 3.8) is 0 Å². The molecule has 3 aliphatic rings. The molecule has 0 N–H and O–H groups in total. The first-order valence-electron chi connectivity index (χ1n) is 24.7. The average Bonchev–Trinajstić information content (AvgIpc) is 4.19. The molecule has 3 heteroatoms. The lowest BCUT2D eigenvalue weighted by molar-refractivity contribution is 0.639. The zero-order chi connectivity index (χ0) is 46.9. The van der Waals surface area contributed by atoms with Crippen molar-refractivity contribution in [2.45, 2.75) is 64.5 Å². The Bertz CT molecular complexity index is 3910. The molecule has 0 bridgehead atoms. The first-order chi connectivity index (χ1) is 34.2. The van der Waals surface area contributed by atoms with Gasteiger partial charge in [0.1, 0.15) is 0 Å². The smallest absolute Gasteiger partial charge is 0.0911 e. The van der Waals surface area contributed by atoms with E-state index in [9.17, 15) is 0 Å². The quantitative estimate of drug-likeness (QED) is 0.115. The highest BCUT2D eigenvalue weighted by Gasteiger charge is 2.40. The van der Waals surface area contributed by atoms with Gasteiger partial charge in [0.05, 0.1) is 0 Å². The molecule has 0 nitrogen and oxygen atoms in total. The van der Waals surface area contributed by atoms with Crippen LogP contribution in [0.4, 0.5) is 0 Å². The molecule has 0 radical (unpaired) electrons. The summed E-state index contributed by atoms with van der Waals surface area (Å²) in [4.78, 5) is 5.43. The van der Waals surface area contributed by atoms with Gasteiger partial charge in [-0.25, -0.2) is 0 Å². The van der Waals surface area contributed by atoms with Crippen molar-refractivity contribution in [1.82, 2.24) is 0 Å². The van der Waals surface area contributed by atoms with Gasteiger partial charge in [-0.05, 0) is 135 Å². The largest absolute Gasteiger partial charge is 0.247 e. The molecule has 0 amide bonds. The minimum absolute atomic E-state index is 0.130. The number of hydrogen-bond acceptors (Lipinski definition) is 2. The van der Waals surface area contributed by atoms with Gasteiger partial charge in [-0.3, -0.25) is 0 Å². The molecule has 70 heavy (non-hydrogen) atoms. The third-order valence-corrected chi connectivity index (χ3v) is 18.4. The van der Waals surface area contributed by atoms with E-state index in [-0.39, 0.29) is 17.5 Å². The molecule has 14 rings (SSSR count). The summed E-state index contributed by atoms with van der Waals surface area (Å²) in [6.45, 7) is 9.68. The molecule has 332 valence electrons. The fourth-order valence-corrected chi connectivity index (χ4v) is 14.5. The van der Waals surface area contributed by atoms with Gasteiger partial charge >= 0.3 is 0 Å². The van der Waals surface area contributed by atoms with Crippen LogP contribution in [0.3, 0.4) is 0 Å². The van der Waals surface area contributed by atoms with Crippen LogP contribution in [0.2, 0.25) is 0 Å². The summed E-state index contributed by atoms with van der Waals surface area (Å²) in [6.07, 6.45) is 1.13. The Morgan fingerprint density at radius 2 is 0.843 bits per heavy atom. The maximum atomic E-state index is 2.54. The van der Waals surface area contributed by atoms with Crippen molar-refractivity contribution in [3.05, 3.63) is 246 Å². The van der Waals surface area contributed by atoms with Gasteiger partial charge in [-0.1, -0.05) is 250 Å². The SMILES string of the molecule is CC(C)(c1ccccc1)c1ccc2c(c1)Sc1cc(-c3c4ccccc4c(-c4ccc(-c5cccc6ccccc56)cc4)c4ccccc34)cc3c1B2c1ccc(C(C)(C)c2ccc4c(c2)C4)cc1S3. The summed E-state index contributed by atoms with van der Waals surface area (Å²) in [5.41, 5.74) is 20.0. The zero-order valence-corrected chi connectivity index (χ0v) is 41.4. The summed E-state index contributed by atoms with van der Waals surface area (Å²) in [5.74, 6) is 0. The lowest BCUT2D eigenvalue weighted by Crippen LogP contribution is -2.58. The number of rotatable bonds is 7. The van der Waals surface area contributed by atoms with Crippen LogP contribution >= 0.6 is 23.5 Å². The van der Waals surface area contributed by atoms with Crippen molar-refractivity contribution in [2.24, 2.45) is 0 Å². The minimum atomic E-state index is -0.152. The Labute approximate surface area is 419 Å². The van der Waals surface area contributed by atoms with Crippen molar-refractivity contribution >= 4 is 78.9 Å². The molecule has 0 fully saturated rings. The molecule has 0 spiro atoms. The molecule has 0 atom stereocenters. The van der Waals surface area contributed by atoms with Crippen LogP contribution in [0.25, 0.3) is 65.7 Å². The summed E-state index contributed by atoms with van der Waals surface area (Å²) < 4.78 is 0. The van der Waals surface area contributed by atoms with Crippen molar-refractivity contribution in [3.8, 4) is 33.4 Å². The summed E-state index contributed by atoms with van der Waals surface area (Å²) >= 11 is 3.94. The molecule has 2 heterocycles. The molecule has 0 saturated heterocycles. The summed E-state index contributed by atoms with van der Waals surface area (Å²) in [5, 5.41) is 7.64. The van der Waals surface area contributed by atoms with Crippen LogP contribution in [0.15, 0.2) is 232 Å². The van der Waals surface area contributed by atoms with Crippen LogP contribution in [0.1, 0.15) is 61.1 Å². The lowest BCUT2D eigenvalue weighted by Gasteiger charge is -2.36. The van der Waals surface area contributed by atoms with E-state index in [0.29, 0.717) is 0 Å². The second-order valence-corrected chi connectivity index (χ2v) is 22.9. The molecule has 1 aliphatic carbocycles. The van der Waals surface area contributed by atoms with E-state index in [4.69, 9.17) is 0 Å². The van der Waals surface area contributed by atoms with Gasteiger partial charge in [0.15, 0.2) is 0 Å². The lowest BCUT2D eigenvalue weighted by atomic mass is 9.36. The van der Waals surface area contributed by atoms with Gasteiger partial charge in [0, 0.05) is 30.4 Å². The predicted molar refractivity (Wildman–Crippen MR) is 301 cm³/mol. The van der Waals surface area contributed by atoms with E-state index < -0.39 is 0 Å². The number of hydrogen-bond donors (Lipinski definition) is 0. The van der Waals surface area contributed by atoms with Gasteiger partial charge in [-0.2, -0.15) is 0 Å². The van der Waals surface area contributed by atoms with Gasteiger partial charge < -0.3 is 0 Å². The second-order valence-electron chi connectivity index (χ2n) is 20.8. The topological polar surface area (TPSA) is 0 Å². The van der Waals surface area contributed by atoms with Crippen LogP contribution < -0.4 is 16.4 Å². The molecule has 0 aromatic heterocycles. The highest BCUT2D eigenvalue weighted by molar-refractivity contribution is 8.01. The Hall–Kier alpha value is -7.04. The molecular formula is C67H49BS2. The van der Waals surface area contributed by atoms with Gasteiger partial charge in [0.25, 0.3) is 0 Å². The van der Waals surface area contributed by atoms with Crippen molar-refractivity contribution in [2.75, 3.05) is 0 Å². The first-order valence-corrected chi connectivity index (χ1v) is 26.3. The molecular weight excluding hydrogens is 880 g/mol. The Morgan fingerprint density at radius 3 is 1.44 bits per heavy atom. The summed E-state index contributed by atoms with van der Waals surface area (Å²) in [6, 6.07) is 80.9. The van der Waals surface area contributed by atoms with Crippen molar-refractivity contribution < 1.29 is 0 Å². The van der Waals surface area contributed by atoms with Crippen LogP contribution in [0, 0.1) is 0 Å². The number of fused-ring (bicyclic) bond motifs is 8. The van der Waals surface area contributed by atoms with E-state index in [2.05, 4.69) is 240 Å². The Morgan fingerprint density at radius 1 is 0.357 bits per heavy atom. The summed E-state index contributed by atoms with van der Waals surface area (Å²) in [7, 11) is 0. The van der Waals surface area contributed by atoms with Crippen LogP contribution in [-0.2, 0) is 17.3 Å². The zero-order valence-electron chi connectivity index (χ0n) is 39.8. The second kappa shape index (κ2) is 15.7. The maximum Gasteiger partial charge on any atom is 0.247 e. The average molecular weight is 929 g/mol. The molecule has 0 unspecified atom stereocenters. The highest BCUT2D eigenvalue weighted by Crippen LogP contribution is 2.49. The normalized spacial score (nSPS) is 13.5. The van der Waals surface area contributed by atoms with E-state index >= 15 is 0 Å². The van der Waals surface area contributed by atoms with Crippen molar-refractivity contribution in [1.29, 1.82) is 0 Å². The van der Waals surface area contributed by atoms with E-state index in [1.165, 1.54) is 135 Å². The first kappa shape index (κ1) is 41.9. The van der Waals surface area contributed by atoms with Gasteiger partial charge in [0.2, 0.25) is 6.71 Å². The van der Waals surface area contributed by atoms with Crippen LogP contribution in [0.5, 0.6) is 0 Å². The molecule has 0 saturated carbocycles. The fraction of sp³-hybridized carbons (Fsp3) is 0.104. The third-order valence-electron chi connectivity index (χ3n) is 16.1. The number of benzene rings is 11. The fourth-order valence-electron chi connectivity index (χ4n) is 11.9. The van der Waals surface area contributed by atoms with E-state index in [1.54, 1.807) is 0 Å². The maximum absolute atomic E-state index is 2.54. The Balaban J connectivity index is 0.947.